The van der Waals surface area contributed by atoms with Crippen LogP contribution in [-0.2, 0) is 11.2 Å². The summed E-state index contributed by atoms with van der Waals surface area (Å²) in [5.74, 6) is 1.12. The molecule has 25 heavy (non-hydrogen) atoms. The summed E-state index contributed by atoms with van der Waals surface area (Å²) in [4.78, 5) is 10.9. The predicted molar refractivity (Wildman–Crippen MR) is 100 cm³/mol. The number of hydrogen-bond donors (Lipinski definition) is 2. The van der Waals surface area contributed by atoms with Gasteiger partial charge < -0.3 is 20.7 Å². The third-order valence-electron chi connectivity index (χ3n) is 4.78. The third-order valence-corrected chi connectivity index (χ3v) is 5.11. The quantitative estimate of drug-likeness (QED) is 0.858. The molecule has 0 bridgehead atoms. The van der Waals surface area contributed by atoms with Crippen molar-refractivity contribution in [3.8, 4) is 0 Å². The minimum Gasteiger partial charge on any atom is -0.384 e. The topological polar surface area (TPSA) is 76.3 Å². The van der Waals surface area contributed by atoms with Gasteiger partial charge in [0.05, 0.1) is 12.6 Å². The average molecular weight is 360 g/mol. The van der Waals surface area contributed by atoms with E-state index in [1.54, 1.807) is 0 Å². The number of hydrogen-bond acceptors (Lipinski definition) is 6. The first-order valence-corrected chi connectivity index (χ1v) is 9.01. The molecule has 0 saturated carbocycles. The van der Waals surface area contributed by atoms with Crippen molar-refractivity contribution in [1.29, 1.82) is 0 Å². The van der Waals surface area contributed by atoms with Crippen LogP contribution < -0.4 is 16.0 Å². The van der Waals surface area contributed by atoms with Gasteiger partial charge in [-0.05, 0) is 43.0 Å². The number of anilines is 3. The third kappa shape index (κ3) is 3.24. The number of nitrogens with zero attached hydrogens (tertiary/aromatic N) is 3. The number of aryl methyl sites for hydroxylation is 1. The molecule has 1 saturated heterocycles. The highest BCUT2D eigenvalue weighted by Gasteiger charge is 2.28. The second kappa shape index (κ2) is 6.69. The highest BCUT2D eigenvalue weighted by Crippen LogP contribution is 2.37. The maximum Gasteiger partial charge on any atom is 0.222 e. The van der Waals surface area contributed by atoms with E-state index in [1.807, 2.05) is 13.0 Å². The molecule has 6 nitrogen and oxygen atoms in total. The van der Waals surface area contributed by atoms with Crippen LogP contribution in [0.15, 0.2) is 18.2 Å². The summed E-state index contributed by atoms with van der Waals surface area (Å²) < 4.78 is 5.85. The van der Waals surface area contributed by atoms with E-state index in [1.165, 1.54) is 11.3 Å². The zero-order valence-corrected chi connectivity index (χ0v) is 15.0. The maximum atomic E-state index is 6.64. The van der Waals surface area contributed by atoms with Gasteiger partial charge in [-0.2, -0.15) is 4.98 Å². The number of ether oxygens (including phenoxy) is 1. The van der Waals surface area contributed by atoms with Crippen molar-refractivity contribution in [2.45, 2.75) is 25.8 Å². The Bertz CT molecular complexity index is 777. The van der Waals surface area contributed by atoms with Crippen LogP contribution in [0.4, 0.5) is 17.5 Å². The van der Waals surface area contributed by atoms with Gasteiger partial charge in [0.25, 0.3) is 0 Å². The molecule has 4 rings (SSSR count). The van der Waals surface area contributed by atoms with Crippen LogP contribution in [0.25, 0.3) is 0 Å². The number of fused-ring (bicyclic) bond motifs is 1. The lowest BCUT2D eigenvalue weighted by atomic mass is 10.0. The van der Waals surface area contributed by atoms with E-state index in [-0.39, 0.29) is 6.04 Å². The van der Waals surface area contributed by atoms with Gasteiger partial charge in [-0.3, -0.25) is 0 Å². The van der Waals surface area contributed by atoms with E-state index in [4.69, 9.17) is 22.1 Å². The van der Waals surface area contributed by atoms with Gasteiger partial charge >= 0.3 is 0 Å². The Labute approximate surface area is 152 Å². The minimum absolute atomic E-state index is 0.00333. The molecule has 0 amide bonds. The van der Waals surface area contributed by atoms with Crippen LogP contribution >= 0.6 is 11.6 Å². The number of benzene rings is 1. The highest BCUT2D eigenvalue weighted by atomic mass is 35.5. The maximum absolute atomic E-state index is 6.64. The summed E-state index contributed by atoms with van der Waals surface area (Å²) in [6, 6.07) is 6.20. The molecule has 0 aliphatic carbocycles. The van der Waals surface area contributed by atoms with Crippen molar-refractivity contribution in [3.63, 3.8) is 0 Å². The molecule has 0 radical (unpaired) electrons. The molecule has 1 aromatic heterocycles. The number of aromatic nitrogens is 2. The Balaban J connectivity index is 1.77. The monoisotopic (exact) mass is 359 g/mol. The number of nitrogens with one attached hydrogen (secondary N) is 1. The Hall–Kier alpha value is -2.05. The van der Waals surface area contributed by atoms with Crippen molar-refractivity contribution in [2.24, 2.45) is 0 Å². The van der Waals surface area contributed by atoms with Crippen LogP contribution in [0.1, 0.15) is 29.3 Å². The molecule has 132 valence electrons. The first-order valence-electron chi connectivity index (χ1n) is 8.63. The first kappa shape index (κ1) is 16.4. The molecule has 3 N–H and O–H groups in total. The van der Waals surface area contributed by atoms with E-state index in [2.05, 4.69) is 32.3 Å². The molecule has 2 aliphatic rings. The van der Waals surface area contributed by atoms with Gasteiger partial charge in [-0.25, -0.2) is 4.98 Å². The summed E-state index contributed by atoms with van der Waals surface area (Å²) in [7, 11) is 0. The van der Waals surface area contributed by atoms with Crippen molar-refractivity contribution in [1.82, 2.24) is 9.97 Å². The van der Waals surface area contributed by atoms with Crippen molar-refractivity contribution in [3.05, 3.63) is 40.0 Å². The summed E-state index contributed by atoms with van der Waals surface area (Å²) in [5, 5.41) is 4.21. The molecule has 3 heterocycles. The van der Waals surface area contributed by atoms with E-state index < -0.39 is 0 Å². The molecular formula is C18H22ClN5O. The van der Waals surface area contributed by atoms with Gasteiger partial charge in [0.2, 0.25) is 5.95 Å². The fourth-order valence-electron chi connectivity index (χ4n) is 3.62. The molecule has 2 aliphatic heterocycles. The van der Waals surface area contributed by atoms with Gasteiger partial charge in [-0.1, -0.05) is 11.6 Å². The van der Waals surface area contributed by atoms with Crippen LogP contribution in [0.3, 0.4) is 0 Å². The summed E-state index contributed by atoms with van der Waals surface area (Å²) >= 11 is 6.64. The highest BCUT2D eigenvalue weighted by molar-refractivity contribution is 6.31. The zero-order valence-electron chi connectivity index (χ0n) is 14.3. The van der Waals surface area contributed by atoms with Crippen LogP contribution in [0.2, 0.25) is 5.02 Å². The molecule has 2 aromatic rings. The lowest BCUT2D eigenvalue weighted by molar-refractivity contribution is 0.134. The Morgan fingerprint density at radius 1 is 1.32 bits per heavy atom. The average Bonchev–Trinajstić information content (AvgIpc) is 2.87. The lowest BCUT2D eigenvalue weighted by Gasteiger charge is -2.31. The summed E-state index contributed by atoms with van der Waals surface area (Å²) in [6.45, 7) is 5.02. The number of rotatable bonds is 2. The minimum atomic E-state index is -0.00333. The Morgan fingerprint density at radius 2 is 2.20 bits per heavy atom. The molecule has 7 heteroatoms. The fourth-order valence-corrected chi connectivity index (χ4v) is 3.93. The zero-order chi connectivity index (χ0) is 17.4. The summed E-state index contributed by atoms with van der Waals surface area (Å²) in [5.41, 5.74) is 10.2. The number of nitrogen functional groups attached to an aromatic ring is 1. The van der Waals surface area contributed by atoms with Gasteiger partial charge in [0, 0.05) is 42.2 Å². The molecule has 1 fully saturated rings. The smallest absolute Gasteiger partial charge is 0.222 e. The Kier molecular flexibility index (Phi) is 4.39. The van der Waals surface area contributed by atoms with Crippen LogP contribution in [0.5, 0.6) is 0 Å². The second-order valence-electron chi connectivity index (χ2n) is 6.57. The number of nitrogens with two attached hydrogens (primary N) is 1. The van der Waals surface area contributed by atoms with Crippen LogP contribution in [0, 0.1) is 6.92 Å². The van der Waals surface area contributed by atoms with E-state index in [0.29, 0.717) is 12.6 Å². The molecule has 0 unspecified atom stereocenters. The SMILES string of the molecule is Cc1cc(N2CCCOC[C@H]2c2cc3c(cc2Cl)CCN3)nc(N)n1. The van der Waals surface area contributed by atoms with Crippen molar-refractivity contribution < 1.29 is 4.74 Å². The van der Waals surface area contributed by atoms with E-state index >= 15 is 0 Å². The van der Waals surface area contributed by atoms with Crippen molar-refractivity contribution in [2.75, 3.05) is 42.3 Å². The van der Waals surface area contributed by atoms with E-state index in [9.17, 15) is 0 Å². The largest absolute Gasteiger partial charge is 0.384 e. The van der Waals surface area contributed by atoms with E-state index in [0.717, 1.165) is 54.6 Å². The summed E-state index contributed by atoms with van der Waals surface area (Å²) in [6.07, 6.45) is 1.95. The van der Waals surface area contributed by atoms with Crippen molar-refractivity contribution >= 4 is 29.1 Å². The Morgan fingerprint density at radius 3 is 3.04 bits per heavy atom. The van der Waals surface area contributed by atoms with Gasteiger partial charge in [-0.15, -0.1) is 0 Å². The number of halogens is 1. The normalized spacial score (nSPS) is 20.1. The fraction of sp³-hybridized carbons (Fsp3) is 0.444. The van der Waals surface area contributed by atoms with Gasteiger partial charge in [0.1, 0.15) is 5.82 Å². The lowest BCUT2D eigenvalue weighted by Crippen LogP contribution is -2.32. The standard InChI is InChI=1S/C18H22ClN5O/c1-11-7-17(23-18(20)22-11)24-5-2-6-25-10-16(24)13-9-15-12(3-4-21-15)8-14(13)19/h7-9,16,21H,2-6,10H2,1H3,(H2,20,22,23)/t16-/m0/s1. The predicted octanol–water partition coefficient (Wildman–Crippen LogP) is 2.96. The molecule has 0 spiro atoms. The molecular weight excluding hydrogens is 338 g/mol. The first-order chi connectivity index (χ1) is 12.1. The second-order valence-corrected chi connectivity index (χ2v) is 6.98. The molecule has 1 aromatic carbocycles. The van der Waals surface area contributed by atoms with Crippen LogP contribution in [-0.4, -0.2) is 36.3 Å². The molecule has 1 atom stereocenters. The van der Waals surface area contributed by atoms with Gasteiger partial charge in [0.15, 0.2) is 0 Å².